The first-order valence-electron chi connectivity index (χ1n) is 6.39. The zero-order valence-corrected chi connectivity index (χ0v) is 11.1. The number of carbonyl (C=O) groups is 1. The topological polar surface area (TPSA) is 35.5 Å². The molecule has 3 heteroatoms. The quantitative estimate of drug-likeness (QED) is 0.752. The molecule has 1 atom stereocenters. The highest BCUT2D eigenvalue weighted by Gasteiger charge is 2.37. The number of Topliss-reactive ketones (excluding diaryl/α,β-unsaturated/α-hetero) is 1. The molecule has 18 heavy (non-hydrogen) atoms. The standard InChI is InChI=1S/C15H20O3/c1-15(8-7-12(16)11-15)13-5-3-4-6-14(13)18-10-9-17-2/h3-6H,7-11H2,1-2H3. The number of rotatable bonds is 5. The van der Waals surface area contributed by atoms with Crippen molar-refractivity contribution in [1.82, 2.24) is 0 Å². The molecule has 0 amide bonds. The molecule has 1 aliphatic carbocycles. The zero-order valence-electron chi connectivity index (χ0n) is 11.1. The van der Waals surface area contributed by atoms with Crippen molar-refractivity contribution in [3.63, 3.8) is 0 Å². The SMILES string of the molecule is COCCOc1ccccc1C1(C)CCC(=O)C1. The van der Waals surface area contributed by atoms with Crippen molar-refractivity contribution < 1.29 is 14.3 Å². The van der Waals surface area contributed by atoms with Gasteiger partial charge in [-0.25, -0.2) is 0 Å². The maximum absolute atomic E-state index is 11.5. The summed E-state index contributed by atoms with van der Waals surface area (Å²) in [4.78, 5) is 11.5. The van der Waals surface area contributed by atoms with E-state index in [4.69, 9.17) is 9.47 Å². The third-order valence-electron chi connectivity index (χ3n) is 3.63. The molecule has 1 saturated carbocycles. The van der Waals surface area contributed by atoms with Crippen LogP contribution in [0.4, 0.5) is 0 Å². The van der Waals surface area contributed by atoms with E-state index < -0.39 is 0 Å². The molecule has 0 spiro atoms. The Morgan fingerprint density at radius 1 is 1.28 bits per heavy atom. The normalized spacial score (nSPS) is 23.3. The van der Waals surface area contributed by atoms with Gasteiger partial charge in [0, 0.05) is 30.9 Å². The monoisotopic (exact) mass is 248 g/mol. The molecule has 1 aromatic rings. The summed E-state index contributed by atoms with van der Waals surface area (Å²) in [7, 11) is 1.66. The minimum absolute atomic E-state index is 0.0687. The third kappa shape index (κ3) is 2.72. The molecule has 0 aliphatic heterocycles. The molecule has 0 radical (unpaired) electrons. The van der Waals surface area contributed by atoms with Crippen LogP contribution in [0.3, 0.4) is 0 Å². The first-order chi connectivity index (χ1) is 8.65. The van der Waals surface area contributed by atoms with E-state index in [9.17, 15) is 4.79 Å². The molecule has 0 saturated heterocycles. The van der Waals surface area contributed by atoms with E-state index in [1.165, 1.54) is 0 Å². The molecule has 1 aromatic carbocycles. The Morgan fingerprint density at radius 3 is 2.72 bits per heavy atom. The van der Waals surface area contributed by atoms with Gasteiger partial charge in [-0.2, -0.15) is 0 Å². The van der Waals surface area contributed by atoms with Crippen LogP contribution in [0.2, 0.25) is 0 Å². The summed E-state index contributed by atoms with van der Waals surface area (Å²) < 4.78 is 10.7. The number of para-hydroxylation sites is 1. The second-order valence-corrected chi connectivity index (χ2v) is 5.11. The van der Waals surface area contributed by atoms with Crippen LogP contribution in [0.25, 0.3) is 0 Å². The lowest BCUT2D eigenvalue weighted by molar-refractivity contribution is -0.117. The van der Waals surface area contributed by atoms with E-state index in [1.54, 1.807) is 7.11 Å². The number of ketones is 1. The van der Waals surface area contributed by atoms with Crippen molar-refractivity contribution in [1.29, 1.82) is 0 Å². The Hall–Kier alpha value is -1.35. The van der Waals surface area contributed by atoms with Gasteiger partial charge in [0.2, 0.25) is 0 Å². The average molecular weight is 248 g/mol. The van der Waals surface area contributed by atoms with Gasteiger partial charge in [0.05, 0.1) is 6.61 Å². The van der Waals surface area contributed by atoms with Gasteiger partial charge in [-0.3, -0.25) is 4.79 Å². The van der Waals surface area contributed by atoms with Crippen LogP contribution in [0.1, 0.15) is 31.7 Å². The Balaban J connectivity index is 2.19. The highest BCUT2D eigenvalue weighted by atomic mass is 16.5. The molecule has 98 valence electrons. The highest BCUT2D eigenvalue weighted by Crippen LogP contribution is 2.42. The van der Waals surface area contributed by atoms with Gasteiger partial charge in [0.25, 0.3) is 0 Å². The van der Waals surface area contributed by atoms with E-state index in [1.807, 2.05) is 18.2 Å². The van der Waals surface area contributed by atoms with Crippen molar-refractivity contribution in [2.45, 2.75) is 31.6 Å². The van der Waals surface area contributed by atoms with Crippen LogP contribution < -0.4 is 4.74 Å². The molecule has 0 heterocycles. The second kappa shape index (κ2) is 5.53. The van der Waals surface area contributed by atoms with E-state index in [-0.39, 0.29) is 5.41 Å². The van der Waals surface area contributed by atoms with Crippen LogP contribution in [-0.2, 0) is 14.9 Å². The number of hydrogen-bond acceptors (Lipinski definition) is 3. The largest absolute Gasteiger partial charge is 0.491 e. The van der Waals surface area contributed by atoms with E-state index in [0.29, 0.717) is 31.8 Å². The van der Waals surface area contributed by atoms with Crippen molar-refractivity contribution in [3.8, 4) is 5.75 Å². The number of ether oxygens (including phenoxy) is 2. The average Bonchev–Trinajstić information content (AvgIpc) is 2.71. The van der Waals surface area contributed by atoms with Gasteiger partial charge in [0.15, 0.2) is 0 Å². The van der Waals surface area contributed by atoms with E-state index in [2.05, 4.69) is 13.0 Å². The fourth-order valence-electron chi connectivity index (χ4n) is 2.58. The van der Waals surface area contributed by atoms with Crippen LogP contribution in [0.15, 0.2) is 24.3 Å². The lowest BCUT2D eigenvalue weighted by Gasteiger charge is -2.25. The van der Waals surface area contributed by atoms with Crippen LogP contribution in [0.5, 0.6) is 5.75 Å². The summed E-state index contributed by atoms with van der Waals surface area (Å²) in [5.41, 5.74) is 1.08. The maximum atomic E-state index is 11.5. The number of hydrogen-bond donors (Lipinski definition) is 0. The van der Waals surface area contributed by atoms with Gasteiger partial charge < -0.3 is 9.47 Å². The molecule has 1 fully saturated rings. The Morgan fingerprint density at radius 2 is 2.06 bits per heavy atom. The zero-order chi connectivity index (χ0) is 13.0. The summed E-state index contributed by atoms with van der Waals surface area (Å²) in [5.74, 6) is 1.23. The molecule has 2 rings (SSSR count). The molecule has 0 bridgehead atoms. The molecule has 0 aromatic heterocycles. The number of carbonyl (C=O) groups excluding carboxylic acids is 1. The number of methoxy groups -OCH3 is 1. The fraction of sp³-hybridized carbons (Fsp3) is 0.533. The van der Waals surface area contributed by atoms with Crippen molar-refractivity contribution in [3.05, 3.63) is 29.8 Å². The highest BCUT2D eigenvalue weighted by molar-refractivity contribution is 5.83. The maximum Gasteiger partial charge on any atom is 0.133 e. The van der Waals surface area contributed by atoms with Crippen LogP contribution >= 0.6 is 0 Å². The first-order valence-corrected chi connectivity index (χ1v) is 6.39. The molecular weight excluding hydrogens is 228 g/mol. The first kappa shape index (κ1) is 13.1. The van der Waals surface area contributed by atoms with Gasteiger partial charge in [-0.1, -0.05) is 25.1 Å². The Kier molecular flexibility index (Phi) is 4.02. The Labute approximate surface area is 108 Å². The van der Waals surface area contributed by atoms with Gasteiger partial charge in [-0.15, -0.1) is 0 Å². The van der Waals surface area contributed by atoms with Gasteiger partial charge in [0.1, 0.15) is 18.1 Å². The number of benzene rings is 1. The fourth-order valence-corrected chi connectivity index (χ4v) is 2.58. The summed E-state index contributed by atoms with van der Waals surface area (Å²) in [6.45, 7) is 3.26. The summed E-state index contributed by atoms with van der Waals surface area (Å²) in [6, 6.07) is 8.01. The van der Waals surface area contributed by atoms with Crippen LogP contribution in [-0.4, -0.2) is 26.1 Å². The van der Waals surface area contributed by atoms with Crippen LogP contribution in [0, 0.1) is 0 Å². The summed E-state index contributed by atoms with van der Waals surface area (Å²) in [6.07, 6.45) is 2.22. The lowest BCUT2D eigenvalue weighted by atomic mass is 9.80. The predicted octanol–water partition coefficient (Wildman–Crippen LogP) is 2.72. The lowest BCUT2D eigenvalue weighted by Crippen LogP contribution is -2.19. The van der Waals surface area contributed by atoms with Gasteiger partial charge >= 0.3 is 0 Å². The molecule has 1 aliphatic rings. The molecular formula is C15H20O3. The van der Waals surface area contributed by atoms with Crippen molar-refractivity contribution in [2.75, 3.05) is 20.3 Å². The molecule has 3 nitrogen and oxygen atoms in total. The minimum Gasteiger partial charge on any atom is -0.491 e. The Bertz CT molecular complexity index is 428. The van der Waals surface area contributed by atoms with Gasteiger partial charge in [-0.05, 0) is 12.5 Å². The predicted molar refractivity (Wildman–Crippen MR) is 70.0 cm³/mol. The van der Waals surface area contributed by atoms with E-state index >= 15 is 0 Å². The van der Waals surface area contributed by atoms with Crippen molar-refractivity contribution in [2.24, 2.45) is 0 Å². The van der Waals surface area contributed by atoms with Crippen molar-refractivity contribution >= 4 is 5.78 Å². The minimum atomic E-state index is -0.0687. The summed E-state index contributed by atoms with van der Waals surface area (Å²) >= 11 is 0. The second-order valence-electron chi connectivity index (χ2n) is 5.11. The van der Waals surface area contributed by atoms with E-state index in [0.717, 1.165) is 17.7 Å². The third-order valence-corrected chi connectivity index (χ3v) is 3.63. The molecule has 1 unspecified atom stereocenters. The molecule has 0 N–H and O–H groups in total. The smallest absolute Gasteiger partial charge is 0.133 e. The summed E-state index contributed by atoms with van der Waals surface area (Å²) in [5, 5.41) is 0.